The van der Waals surface area contributed by atoms with Crippen molar-refractivity contribution >= 4 is 44.7 Å². The van der Waals surface area contributed by atoms with Gasteiger partial charge in [0.25, 0.3) is 11.8 Å². The number of hydrogen-bond acceptors (Lipinski definition) is 4. The van der Waals surface area contributed by atoms with Crippen LogP contribution in [0.2, 0.25) is 0 Å². The van der Waals surface area contributed by atoms with Gasteiger partial charge in [0.1, 0.15) is 0 Å². The van der Waals surface area contributed by atoms with E-state index in [2.05, 4.69) is 5.32 Å². The summed E-state index contributed by atoms with van der Waals surface area (Å²) >= 11 is 0. The maximum atomic E-state index is 13.0. The van der Waals surface area contributed by atoms with Crippen LogP contribution in [-0.4, -0.2) is 29.8 Å². The lowest BCUT2D eigenvalue weighted by atomic mass is 9.94. The van der Waals surface area contributed by atoms with Gasteiger partial charge in [0.15, 0.2) is 0 Å². The minimum absolute atomic E-state index is 0.220. The van der Waals surface area contributed by atoms with Gasteiger partial charge in [0, 0.05) is 51.7 Å². The Kier molecular flexibility index (Phi) is 4.36. The molecule has 3 N–H and O–H groups in total. The van der Waals surface area contributed by atoms with E-state index in [9.17, 15) is 9.59 Å². The fourth-order valence-corrected chi connectivity index (χ4v) is 4.23. The molecule has 0 saturated heterocycles. The molecular formula is C25H21N3O2. The van der Waals surface area contributed by atoms with Gasteiger partial charge in [-0.25, -0.2) is 0 Å². The lowest BCUT2D eigenvalue weighted by Gasteiger charge is -2.27. The van der Waals surface area contributed by atoms with E-state index in [4.69, 9.17) is 5.73 Å². The first-order valence-corrected chi connectivity index (χ1v) is 10.0. The molecule has 0 unspecified atom stereocenters. The van der Waals surface area contributed by atoms with Crippen molar-refractivity contribution in [1.82, 2.24) is 4.90 Å². The third-order valence-electron chi connectivity index (χ3n) is 5.69. The minimum Gasteiger partial charge on any atom is -0.398 e. The van der Waals surface area contributed by atoms with Crippen molar-refractivity contribution < 1.29 is 9.59 Å². The summed E-state index contributed by atoms with van der Waals surface area (Å²) in [4.78, 5) is 27.3. The van der Waals surface area contributed by atoms with Crippen molar-refractivity contribution in [3.63, 3.8) is 0 Å². The van der Waals surface area contributed by atoms with Gasteiger partial charge < -0.3 is 11.1 Å². The van der Waals surface area contributed by atoms with E-state index in [0.717, 1.165) is 32.9 Å². The summed E-state index contributed by atoms with van der Waals surface area (Å²) < 4.78 is 0. The third-order valence-corrected chi connectivity index (χ3v) is 5.69. The Labute approximate surface area is 174 Å². The number of nitrogens with zero attached hydrogens (tertiary/aromatic N) is 1. The Morgan fingerprint density at radius 2 is 1.40 bits per heavy atom. The van der Waals surface area contributed by atoms with Gasteiger partial charge in [0.05, 0.1) is 0 Å². The number of carbonyl (C=O) groups excluding carboxylic acids is 2. The highest BCUT2D eigenvalue weighted by Crippen LogP contribution is 2.30. The van der Waals surface area contributed by atoms with Gasteiger partial charge in [-0.1, -0.05) is 48.5 Å². The largest absolute Gasteiger partial charge is 0.398 e. The van der Waals surface area contributed by atoms with Crippen molar-refractivity contribution in [3.8, 4) is 0 Å². The first kappa shape index (κ1) is 18.2. The van der Waals surface area contributed by atoms with Crippen LogP contribution < -0.4 is 11.1 Å². The van der Waals surface area contributed by atoms with Crippen molar-refractivity contribution in [3.05, 3.63) is 83.9 Å². The molecular weight excluding hydrogens is 374 g/mol. The van der Waals surface area contributed by atoms with E-state index in [1.165, 1.54) is 4.90 Å². The van der Waals surface area contributed by atoms with E-state index in [-0.39, 0.29) is 11.8 Å². The molecule has 5 heteroatoms. The van der Waals surface area contributed by atoms with Gasteiger partial charge in [0.2, 0.25) is 0 Å². The van der Waals surface area contributed by atoms with Crippen LogP contribution in [0.5, 0.6) is 0 Å². The summed E-state index contributed by atoms with van der Waals surface area (Å²) in [7, 11) is 0. The number of amides is 2. The molecule has 0 saturated carbocycles. The summed E-state index contributed by atoms with van der Waals surface area (Å²) in [5.41, 5.74) is 9.00. The lowest BCUT2D eigenvalue weighted by molar-refractivity contribution is 0.0610. The summed E-state index contributed by atoms with van der Waals surface area (Å²) in [6.45, 7) is 0.999. The molecule has 148 valence electrons. The molecule has 0 radical (unpaired) electrons. The molecule has 30 heavy (non-hydrogen) atoms. The molecule has 0 fully saturated rings. The van der Waals surface area contributed by atoms with E-state index < -0.39 is 0 Å². The second-order valence-electron chi connectivity index (χ2n) is 7.50. The minimum atomic E-state index is -0.220. The zero-order valence-corrected chi connectivity index (χ0v) is 16.4. The highest BCUT2D eigenvalue weighted by molar-refractivity contribution is 6.25. The molecule has 1 aliphatic rings. The Balaban J connectivity index is 1.32. The van der Waals surface area contributed by atoms with Crippen molar-refractivity contribution in [2.45, 2.75) is 6.42 Å². The molecule has 0 aromatic heterocycles. The molecule has 0 spiro atoms. The Morgan fingerprint density at radius 1 is 0.767 bits per heavy atom. The van der Waals surface area contributed by atoms with Crippen LogP contribution in [0.25, 0.3) is 21.5 Å². The zero-order valence-electron chi connectivity index (χ0n) is 16.4. The van der Waals surface area contributed by atoms with Gasteiger partial charge in [-0.3, -0.25) is 14.5 Å². The average Bonchev–Trinajstić information content (AvgIpc) is 2.77. The fraction of sp³-hybridized carbons (Fsp3) is 0.120. The van der Waals surface area contributed by atoms with Gasteiger partial charge in [-0.15, -0.1) is 0 Å². The summed E-state index contributed by atoms with van der Waals surface area (Å²) in [5.74, 6) is -0.440. The number of nitrogens with one attached hydrogen (secondary N) is 1. The smallest absolute Gasteiger partial charge is 0.261 e. The van der Waals surface area contributed by atoms with Crippen molar-refractivity contribution in [2.24, 2.45) is 0 Å². The number of imide groups is 1. The van der Waals surface area contributed by atoms with E-state index in [1.54, 1.807) is 12.1 Å². The van der Waals surface area contributed by atoms with Gasteiger partial charge in [-0.2, -0.15) is 0 Å². The maximum Gasteiger partial charge on any atom is 0.261 e. The quantitative estimate of drug-likeness (QED) is 0.292. The van der Waals surface area contributed by atoms with E-state index >= 15 is 0 Å². The topological polar surface area (TPSA) is 75.4 Å². The number of hydrogen-bond donors (Lipinski definition) is 2. The second-order valence-corrected chi connectivity index (χ2v) is 7.50. The summed E-state index contributed by atoms with van der Waals surface area (Å²) in [6, 6.07) is 23.0. The highest BCUT2D eigenvalue weighted by atomic mass is 16.2. The number of anilines is 2. The van der Waals surface area contributed by atoms with E-state index in [0.29, 0.717) is 30.6 Å². The molecule has 1 heterocycles. The number of nitrogen functional groups attached to an aromatic ring is 1. The zero-order chi connectivity index (χ0) is 20.7. The molecule has 2 amide bonds. The average molecular weight is 395 g/mol. The molecule has 5 nitrogen and oxygen atoms in total. The van der Waals surface area contributed by atoms with Crippen LogP contribution in [0.15, 0.2) is 72.8 Å². The predicted molar refractivity (Wildman–Crippen MR) is 121 cm³/mol. The number of nitrogens with two attached hydrogens (primary N) is 1. The van der Waals surface area contributed by atoms with Gasteiger partial charge >= 0.3 is 0 Å². The van der Waals surface area contributed by atoms with Gasteiger partial charge in [-0.05, 0) is 36.1 Å². The number of rotatable bonds is 5. The van der Waals surface area contributed by atoms with Crippen LogP contribution in [0, 0.1) is 0 Å². The first-order valence-electron chi connectivity index (χ1n) is 10.0. The lowest BCUT2D eigenvalue weighted by Crippen LogP contribution is -2.41. The third kappa shape index (κ3) is 2.87. The Bertz CT molecular complexity index is 1260. The fourth-order valence-electron chi connectivity index (χ4n) is 4.23. The van der Waals surface area contributed by atoms with Crippen LogP contribution >= 0.6 is 0 Å². The Morgan fingerprint density at radius 3 is 2.13 bits per heavy atom. The van der Waals surface area contributed by atoms with E-state index in [1.807, 2.05) is 60.7 Å². The second kappa shape index (κ2) is 7.19. The number of benzene rings is 4. The Hall–Kier alpha value is -3.86. The molecule has 1 aliphatic heterocycles. The molecule has 5 rings (SSSR count). The summed E-state index contributed by atoms with van der Waals surface area (Å²) in [5, 5.41) is 7.17. The van der Waals surface area contributed by atoms with Crippen LogP contribution in [0.1, 0.15) is 27.1 Å². The highest BCUT2D eigenvalue weighted by Gasteiger charge is 2.32. The standard InChI is InChI=1S/C25H21N3O2/c26-21-12-3-9-18-17(21)8-4-13-22(18)27-14-5-15-28-24(29)19-10-1-6-16-7-2-11-20(23(16)19)25(28)30/h1-4,6-13,27H,5,14-15,26H2. The number of carbonyl (C=O) groups is 2. The maximum absolute atomic E-state index is 13.0. The normalized spacial score (nSPS) is 13.3. The molecule has 4 aromatic rings. The predicted octanol–water partition coefficient (Wildman–Crippen LogP) is 4.67. The molecule has 0 aliphatic carbocycles. The van der Waals surface area contributed by atoms with Crippen LogP contribution in [0.4, 0.5) is 11.4 Å². The van der Waals surface area contributed by atoms with Crippen molar-refractivity contribution in [1.29, 1.82) is 0 Å². The first-order chi connectivity index (χ1) is 14.6. The van der Waals surface area contributed by atoms with Crippen LogP contribution in [0.3, 0.4) is 0 Å². The number of fused-ring (bicyclic) bond motifs is 1. The monoisotopic (exact) mass is 395 g/mol. The molecule has 0 bridgehead atoms. The van der Waals surface area contributed by atoms with Crippen molar-refractivity contribution in [2.75, 3.05) is 24.1 Å². The molecule has 4 aromatic carbocycles. The van der Waals surface area contributed by atoms with Crippen LogP contribution in [-0.2, 0) is 0 Å². The molecule has 0 atom stereocenters. The SMILES string of the molecule is Nc1cccc2c(NCCCN3C(=O)c4cccc5cccc(c45)C3=O)cccc12. The summed E-state index contributed by atoms with van der Waals surface area (Å²) in [6.07, 6.45) is 0.647.